The SMILES string of the molecule is CC1(C)C=C(n2cc(Cl)cc(Cl)c2=O)c2cc(C#N)ccc2O1. The van der Waals surface area contributed by atoms with Crippen LogP contribution in [-0.2, 0) is 0 Å². The summed E-state index contributed by atoms with van der Waals surface area (Å²) in [5.74, 6) is 0.592. The van der Waals surface area contributed by atoms with Crippen LogP contribution in [0.15, 0.2) is 41.3 Å². The number of hydrogen-bond donors (Lipinski definition) is 0. The third-order valence-corrected chi connectivity index (χ3v) is 3.92. The Morgan fingerprint density at radius 1 is 1.26 bits per heavy atom. The largest absolute Gasteiger partial charge is 0.483 e. The minimum atomic E-state index is -0.620. The van der Waals surface area contributed by atoms with Gasteiger partial charge in [-0.1, -0.05) is 23.2 Å². The molecule has 0 unspecified atom stereocenters. The van der Waals surface area contributed by atoms with Crippen molar-refractivity contribution in [3.05, 3.63) is 68.1 Å². The maximum Gasteiger partial charge on any atom is 0.273 e. The summed E-state index contributed by atoms with van der Waals surface area (Å²) in [6.07, 6.45) is 3.32. The first-order valence-electron chi connectivity index (χ1n) is 6.85. The number of halogens is 2. The Hall–Kier alpha value is -2.22. The maximum absolute atomic E-state index is 12.4. The van der Waals surface area contributed by atoms with Crippen LogP contribution in [0.5, 0.6) is 5.75 Å². The topological polar surface area (TPSA) is 55.0 Å². The number of fused-ring (bicyclic) bond motifs is 1. The summed E-state index contributed by atoms with van der Waals surface area (Å²) < 4.78 is 7.29. The van der Waals surface area contributed by atoms with Gasteiger partial charge in [-0.3, -0.25) is 9.36 Å². The molecule has 0 bridgehead atoms. The number of hydrogen-bond acceptors (Lipinski definition) is 3. The zero-order chi connectivity index (χ0) is 16.8. The number of aromatic nitrogens is 1. The van der Waals surface area contributed by atoms with Gasteiger partial charge in [0.1, 0.15) is 16.4 Å². The van der Waals surface area contributed by atoms with Gasteiger partial charge in [0.2, 0.25) is 0 Å². The smallest absolute Gasteiger partial charge is 0.273 e. The van der Waals surface area contributed by atoms with Gasteiger partial charge in [-0.2, -0.15) is 5.26 Å². The Morgan fingerprint density at radius 3 is 2.70 bits per heavy atom. The second kappa shape index (κ2) is 5.45. The third kappa shape index (κ3) is 2.86. The van der Waals surface area contributed by atoms with Gasteiger partial charge >= 0.3 is 0 Å². The molecule has 1 aliphatic heterocycles. The zero-order valence-electron chi connectivity index (χ0n) is 12.4. The van der Waals surface area contributed by atoms with Gasteiger partial charge in [0.25, 0.3) is 5.56 Å². The minimum absolute atomic E-state index is 0.0284. The summed E-state index contributed by atoms with van der Waals surface area (Å²) >= 11 is 12.0. The summed E-state index contributed by atoms with van der Waals surface area (Å²) in [5, 5.41) is 9.49. The Labute approximate surface area is 143 Å². The molecule has 0 spiro atoms. The van der Waals surface area contributed by atoms with Crippen LogP contribution in [0.2, 0.25) is 10.0 Å². The van der Waals surface area contributed by atoms with Gasteiger partial charge in [0.15, 0.2) is 0 Å². The quantitative estimate of drug-likeness (QED) is 0.781. The molecule has 4 nitrogen and oxygen atoms in total. The average molecular weight is 347 g/mol. The molecule has 23 heavy (non-hydrogen) atoms. The molecule has 0 amide bonds. The van der Waals surface area contributed by atoms with Crippen LogP contribution in [0.25, 0.3) is 5.70 Å². The standard InChI is InChI=1S/C17H12Cl2N2O2/c1-17(2)7-14(21-9-11(18)6-13(19)16(21)22)12-5-10(8-20)3-4-15(12)23-17/h3-7,9H,1-2H3. The second-order valence-corrected chi connectivity index (χ2v) is 6.58. The van der Waals surface area contributed by atoms with E-state index >= 15 is 0 Å². The summed E-state index contributed by atoms with van der Waals surface area (Å²) in [6.45, 7) is 3.76. The van der Waals surface area contributed by atoms with E-state index in [0.29, 0.717) is 27.6 Å². The van der Waals surface area contributed by atoms with E-state index in [0.717, 1.165) is 0 Å². The van der Waals surface area contributed by atoms with Crippen LogP contribution in [0, 0.1) is 11.3 Å². The van der Waals surface area contributed by atoms with E-state index in [2.05, 4.69) is 6.07 Å². The summed E-state index contributed by atoms with van der Waals surface area (Å²) in [6, 6.07) is 8.56. The fraction of sp³-hybridized carbons (Fsp3) is 0.176. The summed E-state index contributed by atoms with van der Waals surface area (Å²) in [7, 11) is 0. The highest BCUT2D eigenvalue weighted by molar-refractivity contribution is 6.34. The number of rotatable bonds is 1. The summed E-state index contributed by atoms with van der Waals surface area (Å²) in [4.78, 5) is 12.4. The monoisotopic (exact) mass is 346 g/mol. The van der Waals surface area contributed by atoms with E-state index in [9.17, 15) is 4.79 Å². The molecule has 0 saturated carbocycles. The first-order chi connectivity index (χ1) is 10.8. The van der Waals surface area contributed by atoms with E-state index in [1.54, 1.807) is 18.2 Å². The molecule has 0 atom stereocenters. The average Bonchev–Trinajstić information content (AvgIpc) is 2.49. The Balaban J connectivity index is 2.33. The fourth-order valence-corrected chi connectivity index (χ4v) is 2.98. The molecule has 0 saturated heterocycles. The zero-order valence-corrected chi connectivity index (χ0v) is 13.9. The van der Waals surface area contributed by atoms with E-state index in [1.807, 2.05) is 19.9 Å². The molecule has 1 aromatic heterocycles. The van der Waals surface area contributed by atoms with Crippen molar-refractivity contribution < 1.29 is 4.74 Å². The van der Waals surface area contributed by atoms with Gasteiger partial charge in [-0.05, 0) is 44.2 Å². The van der Waals surface area contributed by atoms with Crippen molar-refractivity contribution in [2.45, 2.75) is 19.4 Å². The van der Waals surface area contributed by atoms with Gasteiger partial charge in [0, 0.05) is 11.8 Å². The minimum Gasteiger partial charge on any atom is -0.483 e. The first kappa shape index (κ1) is 15.7. The van der Waals surface area contributed by atoms with Crippen molar-refractivity contribution in [2.24, 2.45) is 0 Å². The van der Waals surface area contributed by atoms with Gasteiger partial charge in [-0.25, -0.2) is 0 Å². The number of pyridine rings is 1. The van der Waals surface area contributed by atoms with Crippen molar-refractivity contribution in [1.82, 2.24) is 4.57 Å². The lowest BCUT2D eigenvalue weighted by Crippen LogP contribution is -2.32. The van der Waals surface area contributed by atoms with Crippen molar-refractivity contribution in [2.75, 3.05) is 0 Å². The Kier molecular flexibility index (Phi) is 3.71. The van der Waals surface area contributed by atoms with Gasteiger partial charge in [-0.15, -0.1) is 0 Å². The number of nitriles is 1. The normalized spacial score (nSPS) is 15.2. The molecular formula is C17H12Cl2N2O2. The van der Waals surface area contributed by atoms with Crippen LogP contribution < -0.4 is 10.3 Å². The number of nitrogens with zero attached hydrogens (tertiary/aromatic N) is 2. The van der Waals surface area contributed by atoms with E-state index in [-0.39, 0.29) is 10.6 Å². The highest BCUT2D eigenvalue weighted by atomic mass is 35.5. The first-order valence-corrected chi connectivity index (χ1v) is 7.61. The molecule has 6 heteroatoms. The van der Waals surface area contributed by atoms with Crippen molar-refractivity contribution in [3.8, 4) is 11.8 Å². The van der Waals surface area contributed by atoms with Crippen LogP contribution in [-0.4, -0.2) is 10.2 Å². The molecule has 0 fully saturated rings. The number of ether oxygens (including phenoxy) is 1. The molecule has 0 N–H and O–H groups in total. The maximum atomic E-state index is 12.4. The third-order valence-electron chi connectivity index (χ3n) is 3.44. The van der Waals surface area contributed by atoms with Crippen molar-refractivity contribution in [3.63, 3.8) is 0 Å². The van der Waals surface area contributed by atoms with Gasteiger partial charge < -0.3 is 4.74 Å². The van der Waals surface area contributed by atoms with Crippen LogP contribution >= 0.6 is 23.2 Å². The van der Waals surface area contributed by atoms with Crippen LogP contribution in [0.1, 0.15) is 25.0 Å². The van der Waals surface area contributed by atoms with Gasteiger partial charge in [0.05, 0.1) is 22.4 Å². The predicted molar refractivity (Wildman–Crippen MR) is 90.0 cm³/mol. The molecule has 3 rings (SSSR count). The van der Waals surface area contributed by atoms with Crippen molar-refractivity contribution >= 4 is 28.9 Å². The van der Waals surface area contributed by atoms with E-state index in [1.165, 1.54) is 16.8 Å². The van der Waals surface area contributed by atoms with Crippen molar-refractivity contribution in [1.29, 1.82) is 5.26 Å². The molecule has 1 aromatic carbocycles. The Bertz CT molecular complexity index is 937. The fourth-order valence-electron chi connectivity index (χ4n) is 2.50. The molecule has 2 heterocycles. The van der Waals surface area contributed by atoms with Crippen LogP contribution in [0.3, 0.4) is 0 Å². The predicted octanol–water partition coefficient (Wildman–Crippen LogP) is 4.09. The molecule has 116 valence electrons. The lowest BCUT2D eigenvalue weighted by Gasteiger charge is -2.31. The van der Waals surface area contributed by atoms with E-state index < -0.39 is 5.60 Å². The second-order valence-electron chi connectivity index (χ2n) is 5.74. The Morgan fingerprint density at radius 2 is 2.00 bits per heavy atom. The lowest BCUT2D eigenvalue weighted by molar-refractivity contribution is 0.157. The lowest BCUT2D eigenvalue weighted by atomic mass is 9.97. The molecule has 2 aromatic rings. The summed E-state index contributed by atoms with van der Waals surface area (Å²) in [5.41, 5.74) is 0.698. The molecule has 0 radical (unpaired) electrons. The molecule has 1 aliphatic rings. The highest BCUT2D eigenvalue weighted by Crippen LogP contribution is 2.37. The van der Waals surface area contributed by atoms with E-state index in [4.69, 9.17) is 33.2 Å². The molecular weight excluding hydrogens is 335 g/mol. The number of benzene rings is 1. The highest BCUT2D eigenvalue weighted by Gasteiger charge is 2.28. The van der Waals surface area contributed by atoms with Crippen LogP contribution in [0.4, 0.5) is 0 Å². The molecule has 0 aliphatic carbocycles.